The normalized spacial score (nSPS) is 10.7. The first-order valence-electron chi connectivity index (χ1n) is 8.40. The van der Waals surface area contributed by atoms with Crippen molar-refractivity contribution in [3.05, 3.63) is 95.2 Å². The highest BCUT2D eigenvalue weighted by Gasteiger charge is 2.24. The van der Waals surface area contributed by atoms with Gasteiger partial charge >= 0.3 is 0 Å². The number of rotatable bonds is 4. The fourth-order valence-corrected chi connectivity index (χ4v) is 3.45. The van der Waals surface area contributed by atoms with E-state index >= 15 is 0 Å². The van der Waals surface area contributed by atoms with Crippen molar-refractivity contribution in [2.24, 2.45) is 0 Å². The van der Waals surface area contributed by atoms with Crippen molar-refractivity contribution in [3.8, 4) is 11.1 Å². The van der Waals surface area contributed by atoms with Crippen LogP contribution in [0.15, 0.2) is 89.5 Å². The number of pyridine rings is 1. The van der Waals surface area contributed by atoms with Crippen LogP contribution in [0.2, 0.25) is 0 Å². The molecule has 27 heavy (non-hydrogen) atoms. The Balaban J connectivity index is 1.78. The molecule has 0 fully saturated rings. The summed E-state index contributed by atoms with van der Waals surface area (Å²) in [5.41, 5.74) is 3.39. The van der Waals surface area contributed by atoms with Crippen molar-refractivity contribution in [2.75, 3.05) is 5.32 Å². The number of hydrogen-bond donors (Lipinski definition) is 1. The van der Waals surface area contributed by atoms with Gasteiger partial charge in [0.15, 0.2) is 0 Å². The number of nitrogens with one attached hydrogen (secondary N) is 1. The Morgan fingerprint density at radius 2 is 1.63 bits per heavy atom. The van der Waals surface area contributed by atoms with E-state index in [0.717, 1.165) is 21.1 Å². The van der Waals surface area contributed by atoms with Crippen LogP contribution in [-0.4, -0.2) is 16.1 Å². The molecule has 0 aliphatic rings. The van der Waals surface area contributed by atoms with Crippen LogP contribution in [0, 0.1) is 0 Å². The highest BCUT2D eigenvalue weighted by molar-refractivity contribution is 9.10. The monoisotopic (exact) mass is 418 g/mol. The number of amides is 1. The smallest absolute Gasteiger partial charge is 0.298 e. The van der Waals surface area contributed by atoms with Crippen LogP contribution in [0.1, 0.15) is 10.5 Å². The molecular weight excluding hydrogens is 404 g/mol. The zero-order valence-electron chi connectivity index (χ0n) is 14.2. The number of halogens is 1. The summed E-state index contributed by atoms with van der Waals surface area (Å²) in [6.07, 6.45) is 1.79. The van der Waals surface area contributed by atoms with Crippen LogP contribution < -0.4 is 5.32 Å². The molecule has 2 aromatic carbocycles. The largest absolute Gasteiger partial charge is 0.319 e. The Kier molecular flexibility index (Phi) is 4.60. The van der Waals surface area contributed by atoms with Crippen LogP contribution in [0.3, 0.4) is 0 Å². The molecular formula is C22H15BrN2O2. The van der Waals surface area contributed by atoms with Gasteiger partial charge in [0.25, 0.3) is 11.7 Å². The third-order valence-corrected chi connectivity index (χ3v) is 4.76. The predicted octanol–water partition coefficient (Wildman–Crippen LogP) is 5.19. The van der Waals surface area contributed by atoms with Gasteiger partial charge in [-0.15, -0.1) is 0 Å². The topological polar surface area (TPSA) is 50.6 Å². The van der Waals surface area contributed by atoms with Crippen molar-refractivity contribution >= 4 is 38.8 Å². The van der Waals surface area contributed by atoms with Gasteiger partial charge in [-0.1, -0.05) is 58.4 Å². The molecule has 4 aromatic rings. The molecule has 0 radical (unpaired) electrons. The molecule has 1 amide bonds. The molecule has 0 aliphatic heterocycles. The third kappa shape index (κ3) is 3.41. The lowest BCUT2D eigenvalue weighted by molar-refractivity contribution is -0.112. The average molecular weight is 419 g/mol. The summed E-state index contributed by atoms with van der Waals surface area (Å²) >= 11 is 3.36. The summed E-state index contributed by atoms with van der Waals surface area (Å²) in [4.78, 5) is 25.7. The molecule has 4 nitrogen and oxygen atoms in total. The summed E-state index contributed by atoms with van der Waals surface area (Å²) in [5.74, 6) is -1.26. The second-order valence-corrected chi connectivity index (χ2v) is 6.98. The van der Waals surface area contributed by atoms with Crippen molar-refractivity contribution in [1.82, 2.24) is 4.40 Å². The molecule has 2 heterocycles. The Morgan fingerprint density at radius 1 is 0.852 bits per heavy atom. The van der Waals surface area contributed by atoms with Gasteiger partial charge < -0.3 is 9.72 Å². The molecule has 0 atom stereocenters. The van der Waals surface area contributed by atoms with E-state index in [1.165, 1.54) is 0 Å². The van der Waals surface area contributed by atoms with Crippen LogP contribution in [0.25, 0.3) is 16.6 Å². The van der Waals surface area contributed by atoms with Crippen molar-refractivity contribution in [2.45, 2.75) is 0 Å². The molecule has 0 aliphatic carbocycles. The number of Topliss-reactive ketones (excluding diaryl/α,β-unsaturated/α-hetero) is 1. The van der Waals surface area contributed by atoms with Gasteiger partial charge in [-0.3, -0.25) is 9.59 Å². The molecule has 5 heteroatoms. The fourth-order valence-electron chi connectivity index (χ4n) is 3.05. The third-order valence-electron chi connectivity index (χ3n) is 4.27. The van der Waals surface area contributed by atoms with Crippen LogP contribution >= 0.6 is 15.9 Å². The maximum absolute atomic E-state index is 13.1. The summed E-state index contributed by atoms with van der Waals surface area (Å²) in [5, 5.41) is 2.68. The molecule has 1 N–H and O–H groups in total. The fraction of sp³-hybridized carbons (Fsp3) is 0. The Bertz CT molecular complexity index is 1150. The van der Waals surface area contributed by atoms with Gasteiger partial charge in [0, 0.05) is 27.4 Å². The second kappa shape index (κ2) is 7.21. The van der Waals surface area contributed by atoms with E-state index in [1.807, 2.05) is 60.7 Å². The lowest BCUT2D eigenvalue weighted by Crippen LogP contribution is -2.24. The zero-order chi connectivity index (χ0) is 18.8. The first-order valence-corrected chi connectivity index (χ1v) is 9.19. The number of carbonyl (C=O) groups is 2. The van der Waals surface area contributed by atoms with Gasteiger partial charge in [-0.05, 0) is 42.0 Å². The van der Waals surface area contributed by atoms with E-state index in [-0.39, 0.29) is 0 Å². The van der Waals surface area contributed by atoms with Crippen LogP contribution in [0.4, 0.5) is 5.69 Å². The Hall–Kier alpha value is -3.18. The van der Waals surface area contributed by atoms with Crippen LogP contribution in [-0.2, 0) is 4.79 Å². The quantitative estimate of drug-likeness (QED) is 0.366. The van der Waals surface area contributed by atoms with E-state index in [1.54, 1.807) is 28.8 Å². The SMILES string of the molecule is O=C(Nc1cccc(Br)c1)C(=O)c1c(-c2ccccc2)cc2ccccn12. The van der Waals surface area contributed by atoms with Gasteiger partial charge in [0.2, 0.25) is 0 Å². The van der Waals surface area contributed by atoms with Gasteiger partial charge in [0.1, 0.15) is 5.69 Å². The molecule has 0 bridgehead atoms. The number of ketones is 1. The maximum Gasteiger partial charge on any atom is 0.298 e. The van der Waals surface area contributed by atoms with Gasteiger partial charge in [-0.25, -0.2) is 0 Å². The molecule has 132 valence electrons. The maximum atomic E-state index is 13.1. The summed E-state index contributed by atoms with van der Waals surface area (Å²) in [7, 11) is 0. The highest BCUT2D eigenvalue weighted by atomic mass is 79.9. The van der Waals surface area contributed by atoms with E-state index < -0.39 is 11.7 Å². The van der Waals surface area contributed by atoms with Gasteiger partial charge in [0.05, 0.1) is 0 Å². The first kappa shape index (κ1) is 17.2. The predicted molar refractivity (Wildman–Crippen MR) is 110 cm³/mol. The number of anilines is 1. The minimum Gasteiger partial charge on any atom is -0.319 e. The minimum absolute atomic E-state index is 0.351. The zero-order valence-corrected chi connectivity index (χ0v) is 15.8. The number of nitrogens with zero attached hydrogens (tertiary/aromatic N) is 1. The van der Waals surface area contributed by atoms with Crippen molar-refractivity contribution in [3.63, 3.8) is 0 Å². The number of hydrogen-bond acceptors (Lipinski definition) is 2. The molecule has 4 rings (SSSR count). The molecule has 0 saturated carbocycles. The molecule has 0 saturated heterocycles. The average Bonchev–Trinajstić information content (AvgIpc) is 3.07. The lowest BCUT2D eigenvalue weighted by atomic mass is 10.0. The molecule has 2 aromatic heterocycles. The molecule has 0 spiro atoms. The number of aromatic nitrogens is 1. The van der Waals surface area contributed by atoms with Crippen molar-refractivity contribution in [1.29, 1.82) is 0 Å². The Labute approximate surface area is 164 Å². The number of carbonyl (C=O) groups excluding carboxylic acids is 2. The van der Waals surface area contributed by atoms with Crippen molar-refractivity contribution < 1.29 is 9.59 Å². The summed E-state index contributed by atoms with van der Waals surface area (Å²) < 4.78 is 2.58. The van der Waals surface area contributed by atoms with E-state index in [9.17, 15) is 9.59 Å². The minimum atomic E-state index is -0.672. The van der Waals surface area contributed by atoms with E-state index in [4.69, 9.17) is 0 Å². The molecule has 0 unspecified atom stereocenters. The first-order chi connectivity index (χ1) is 13.1. The summed E-state index contributed by atoms with van der Waals surface area (Å²) in [6, 6.07) is 24.3. The number of fused-ring (bicyclic) bond motifs is 1. The standard InChI is InChI=1S/C22H15BrN2O2/c23-16-9-6-10-17(13-16)24-22(27)21(26)20-19(15-7-2-1-3-8-15)14-18-11-4-5-12-25(18)20/h1-14H,(H,24,27). The van der Waals surface area contributed by atoms with Crippen LogP contribution in [0.5, 0.6) is 0 Å². The van der Waals surface area contributed by atoms with E-state index in [0.29, 0.717) is 11.4 Å². The Morgan fingerprint density at radius 3 is 2.41 bits per heavy atom. The number of benzene rings is 2. The summed E-state index contributed by atoms with van der Waals surface area (Å²) in [6.45, 7) is 0. The second-order valence-electron chi connectivity index (χ2n) is 6.06. The lowest BCUT2D eigenvalue weighted by Gasteiger charge is -2.08. The van der Waals surface area contributed by atoms with E-state index in [2.05, 4.69) is 21.2 Å². The highest BCUT2D eigenvalue weighted by Crippen LogP contribution is 2.28. The van der Waals surface area contributed by atoms with Gasteiger partial charge in [-0.2, -0.15) is 0 Å².